The lowest BCUT2D eigenvalue weighted by Gasteiger charge is -2.38. The minimum Gasteiger partial charge on any atom is -0.357 e. The van der Waals surface area contributed by atoms with Crippen LogP contribution in [0.3, 0.4) is 0 Å². The first-order valence-corrected chi connectivity index (χ1v) is 10.5. The van der Waals surface area contributed by atoms with Gasteiger partial charge in [-0.15, -0.1) is 0 Å². The van der Waals surface area contributed by atoms with Crippen LogP contribution < -0.4 is 10.2 Å². The Labute approximate surface area is 142 Å². The average Bonchev–Trinajstić information content (AvgIpc) is 2.63. The topological polar surface area (TPSA) is 45.2 Å². The van der Waals surface area contributed by atoms with Crippen molar-refractivity contribution in [3.63, 3.8) is 0 Å². The lowest BCUT2D eigenvalue weighted by molar-refractivity contribution is 0.311. The van der Waals surface area contributed by atoms with E-state index in [4.69, 9.17) is 0 Å². The molecule has 0 spiro atoms. The summed E-state index contributed by atoms with van der Waals surface area (Å²) in [5, 5.41) is 4.22. The van der Waals surface area contributed by atoms with Gasteiger partial charge in [-0.2, -0.15) is 0 Å². The van der Waals surface area contributed by atoms with Crippen molar-refractivity contribution in [3.05, 3.63) is 24.4 Å². The summed E-state index contributed by atoms with van der Waals surface area (Å²) in [4.78, 5) is 6.83. The highest BCUT2D eigenvalue weighted by Gasteiger charge is 2.31. The molecule has 1 aromatic heterocycles. The Morgan fingerprint density at radius 2 is 2.00 bits per heavy atom. The summed E-state index contributed by atoms with van der Waals surface area (Å²) in [6.07, 6.45) is 9.01. The number of anilines is 1. The van der Waals surface area contributed by atoms with Crippen molar-refractivity contribution in [1.82, 2.24) is 10.3 Å². The summed E-state index contributed by atoms with van der Waals surface area (Å²) in [5.74, 6) is 1.88. The summed E-state index contributed by atoms with van der Waals surface area (Å²) in [6, 6.07) is 7.13. The number of hydrogen-bond acceptors (Lipinski definition) is 4. The first-order chi connectivity index (χ1) is 11.3. The number of rotatable bonds is 5. The van der Waals surface area contributed by atoms with E-state index in [9.17, 15) is 4.21 Å². The molecule has 0 aromatic carbocycles. The third kappa shape index (κ3) is 4.32. The largest absolute Gasteiger partial charge is 0.357 e. The van der Waals surface area contributed by atoms with Crippen molar-refractivity contribution in [3.8, 4) is 0 Å². The van der Waals surface area contributed by atoms with Crippen LogP contribution in [0, 0.1) is 0 Å². The van der Waals surface area contributed by atoms with Crippen molar-refractivity contribution in [2.75, 3.05) is 23.7 Å². The smallest absolute Gasteiger partial charge is 0.128 e. The van der Waals surface area contributed by atoms with Gasteiger partial charge >= 0.3 is 0 Å². The molecule has 0 amide bonds. The highest BCUT2D eigenvalue weighted by molar-refractivity contribution is 7.85. The molecule has 2 aliphatic rings. The van der Waals surface area contributed by atoms with Crippen LogP contribution in [0.25, 0.3) is 0 Å². The number of aromatic nitrogens is 1. The molecule has 1 saturated carbocycles. The number of nitrogens with zero attached hydrogens (tertiary/aromatic N) is 2. The van der Waals surface area contributed by atoms with Crippen LogP contribution in [0.5, 0.6) is 0 Å². The summed E-state index contributed by atoms with van der Waals surface area (Å²) >= 11 is 0. The van der Waals surface area contributed by atoms with Gasteiger partial charge < -0.3 is 10.2 Å². The van der Waals surface area contributed by atoms with Crippen molar-refractivity contribution in [2.45, 2.75) is 62.8 Å². The lowest BCUT2D eigenvalue weighted by Crippen LogP contribution is -2.52. The highest BCUT2D eigenvalue weighted by atomic mass is 32.2. The van der Waals surface area contributed by atoms with Crippen molar-refractivity contribution in [2.24, 2.45) is 0 Å². The number of hydrogen-bond donors (Lipinski definition) is 1. The van der Waals surface area contributed by atoms with Crippen LogP contribution in [0.4, 0.5) is 5.82 Å². The number of nitrogens with one attached hydrogen (secondary N) is 1. The molecule has 0 bridgehead atoms. The Morgan fingerprint density at radius 1 is 1.22 bits per heavy atom. The number of pyridine rings is 1. The van der Waals surface area contributed by atoms with Crippen LogP contribution in [0.15, 0.2) is 24.4 Å². The minimum atomic E-state index is -0.667. The molecule has 3 atom stereocenters. The van der Waals surface area contributed by atoms with Gasteiger partial charge in [0.1, 0.15) is 5.82 Å². The van der Waals surface area contributed by atoms with Gasteiger partial charge in [0.2, 0.25) is 0 Å². The van der Waals surface area contributed by atoms with Gasteiger partial charge in [-0.05, 0) is 37.8 Å². The van der Waals surface area contributed by atoms with E-state index in [0.29, 0.717) is 17.3 Å². The molecule has 1 aliphatic heterocycles. The molecule has 1 N–H and O–H groups in total. The summed E-state index contributed by atoms with van der Waals surface area (Å²) < 4.78 is 12.3. The van der Waals surface area contributed by atoms with Crippen LogP contribution in [-0.2, 0) is 10.8 Å². The molecule has 0 radical (unpaired) electrons. The zero-order chi connectivity index (χ0) is 16.1. The molecule has 1 aliphatic carbocycles. The SMILES string of the molecule is CC[S@](=O)[C@@H]1CCCC[C@H]1NC1CCN(c2ccccn2)CC1. The Morgan fingerprint density at radius 3 is 2.70 bits per heavy atom. The van der Waals surface area contributed by atoms with Gasteiger partial charge in [0.25, 0.3) is 0 Å². The quantitative estimate of drug-likeness (QED) is 0.899. The molecular weight excluding hydrogens is 306 g/mol. The van der Waals surface area contributed by atoms with E-state index in [1.807, 2.05) is 19.2 Å². The first kappa shape index (κ1) is 16.9. The molecule has 1 saturated heterocycles. The van der Waals surface area contributed by atoms with Crippen LogP contribution in [0.2, 0.25) is 0 Å². The average molecular weight is 336 g/mol. The van der Waals surface area contributed by atoms with E-state index in [1.54, 1.807) is 0 Å². The van der Waals surface area contributed by atoms with Gasteiger partial charge in [0.05, 0.1) is 5.25 Å². The van der Waals surface area contributed by atoms with Gasteiger partial charge in [0, 0.05) is 47.9 Å². The molecule has 0 unspecified atom stereocenters. The molecule has 2 fully saturated rings. The van der Waals surface area contributed by atoms with Gasteiger partial charge in [-0.25, -0.2) is 4.98 Å². The Balaban J connectivity index is 1.52. The second-order valence-corrected chi connectivity index (χ2v) is 8.66. The molecule has 1 aromatic rings. The normalized spacial score (nSPS) is 27.8. The maximum absolute atomic E-state index is 12.3. The van der Waals surface area contributed by atoms with E-state index < -0.39 is 10.8 Å². The summed E-state index contributed by atoms with van der Waals surface area (Å²) in [5.41, 5.74) is 0. The Kier molecular flexibility index (Phi) is 6.06. The first-order valence-electron chi connectivity index (χ1n) is 9.07. The molecule has 23 heavy (non-hydrogen) atoms. The minimum absolute atomic E-state index is 0.363. The van der Waals surface area contributed by atoms with Crippen molar-refractivity contribution in [1.29, 1.82) is 0 Å². The third-order valence-corrected chi connectivity index (χ3v) is 7.05. The monoisotopic (exact) mass is 335 g/mol. The highest BCUT2D eigenvalue weighted by Crippen LogP contribution is 2.25. The fourth-order valence-electron chi connectivity index (χ4n) is 3.94. The molecule has 128 valence electrons. The Hall–Kier alpha value is -0.940. The standard InChI is InChI=1S/C18H29N3OS/c1-2-23(22)17-8-4-3-7-16(17)20-15-10-13-21(14-11-15)18-9-5-6-12-19-18/h5-6,9,12,15-17,20H,2-4,7-8,10-11,13-14H2,1H3/t16-,17-,23+/m1/s1. The summed E-state index contributed by atoms with van der Waals surface area (Å²) in [7, 11) is -0.667. The molecule has 5 heteroatoms. The second-order valence-electron chi connectivity index (χ2n) is 6.71. The Bertz CT molecular complexity index is 502. The van der Waals surface area contributed by atoms with E-state index in [2.05, 4.69) is 27.3 Å². The lowest BCUT2D eigenvalue weighted by atomic mass is 9.93. The molecule has 4 nitrogen and oxygen atoms in total. The number of piperidine rings is 1. The van der Waals surface area contributed by atoms with Gasteiger partial charge in [-0.1, -0.05) is 25.8 Å². The molecule has 3 rings (SSSR count). The predicted molar refractivity (Wildman–Crippen MR) is 97.3 cm³/mol. The van der Waals surface area contributed by atoms with Gasteiger partial charge in [0.15, 0.2) is 0 Å². The van der Waals surface area contributed by atoms with Crippen LogP contribution in [-0.4, -0.2) is 45.4 Å². The molecular formula is C18H29N3OS. The van der Waals surface area contributed by atoms with E-state index in [0.717, 1.165) is 43.9 Å². The second kappa shape index (κ2) is 8.25. The van der Waals surface area contributed by atoms with Crippen LogP contribution in [0.1, 0.15) is 45.4 Å². The fourth-order valence-corrected chi connectivity index (χ4v) is 5.37. The van der Waals surface area contributed by atoms with E-state index in [1.165, 1.54) is 19.3 Å². The predicted octanol–water partition coefficient (Wildman–Crippen LogP) is 2.72. The van der Waals surface area contributed by atoms with Crippen LogP contribution >= 0.6 is 0 Å². The zero-order valence-electron chi connectivity index (χ0n) is 14.1. The third-order valence-electron chi connectivity index (χ3n) is 5.24. The zero-order valence-corrected chi connectivity index (χ0v) is 14.9. The van der Waals surface area contributed by atoms with Gasteiger partial charge in [-0.3, -0.25) is 4.21 Å². The fraction of sp³-hybridized carbons (Fsp3) is 0.722. The molecule has 2 heterocycles. The van der Waals surface area contributed by atoms with E-state index >= 15 is 0 Å². The van der Waals surface area contributed by atoms with Crippen molar-refractivity contribution >= 4 is 16.6 Å². The van der Waals surface area contributed by atoms with E-state index in [-0.39, 0.29) is 0 Å². The summed E-state index contributed by atoms with van der Waals surface area (Å²) in [6.45, 7) is 4.17. The van der Waals surface area contributed by atoms with Crippen molar-refractivity contribution < 1.29 is 4.21 Å². The maximum atomic E-state index is 12.3. The maximum Gasteiger partial charge on any atom is 0.128 e.